The van der Waals surface area contributed by atoms with Gasteiger partial charge in [0, 0.05) is 37.0 Å². The monoisotopic (exact) mass is 329 g/mol. The summed E-state index contributed by atoms with van der Waals surface area (Å²) in [6, 6.07) is 7.38. The van der Waals surface area contributed by atoms with Crippen LogP contribution < -0.4 is 0 Å². The van der Waals surface area contributed by atoms with E-state index < -0.39 is 17.5 Å². The lowest BCUT2D eigenvalue weighted by molar-refractivity contribution is -0.161. The van der Waals surface area contributed by atoms with Gasteiger partial charge in [0.05, 0.1) is 6.54 Å². The van der Waals surface area contributed by atoms with Crippen molar-refractivity contribution >= 4 is 17.7 Å². The number of carboxylic acids is 1. The van der Waals surface area contributed by atoms with E-state index in [-0.39, 0.29) is 30.6 Å². The summed E-state index contributed by atoms with van der Waals surface area (Å²) < 4.78 is 5.51. The molecule has 0 aromatic heterocycles. The van der Waals surface area contributed by atoms with Crippen molar-refractivity contribution in [2.45, 2.75) is 24.9 Å². The first-order chi connectivity index (χ1) is 11.5. The molecule has 2 heterocycles. The van der Waals surface area contributed by atoms with Gasteiger partial charge < -0.3 is 14.7 Å². The van der Waals surface area contributed by atoms with Gasteiger partial charge in [-0.05, 0) is 18.4 Å². The van der Waals surface area contributed by atoms with Gasteiger partial charge in [0.15, 0.2) is 11.4 Å². The summed E-state index contributed by atoms with van der Waals surface area (Å²) in [6.07, 6.45) is 1.38. The van der Waals surface area contributed by atoms with Crippen molar-refractivity contribution in [1.82, 2.24) is 4.90 Å². The van der Waals surface area contributed by atoms with Crippen LogP contribution in [0.25, 0.3) is 0 Å². The van der Waals surface area contributed by atoms with Gasteiger partial charge in [0.2, 0.25) is 5.91 Å². The number of amides is 1. The van der Waals surface area contributed by atoms with Gasteiger partial charge in [0.25, 0.3) is 0 Å². The molecule has 0 spiro atoms. The first-order valence-electron chi connectivity index (χ1n) is 8.28. The van der Waals surface area contributed by atoms with Gasteiger partial charge in [-0.3, -0.25) is 9.59 Å². The molecule has 1 unspecified atom stereocenters. The zero-order chi connectivity index (χ0) is 16.9. The average Bonchev–Trinajstić information content (AvgIpc) is 3.12. The predicted molar refractivity (Wildman–Crippen MR) is 83.6 cm³/mol. The number of carboxylic acid groups (broad SMARTS) is 1. The number of fused-ring (bicyclic) bond motifs is 2. The topological polar surface area (TPSA) is 83.9 Å². The molecule has 3 aliphatic rings. The average molecular weight is 329 g/mol. The Balaban J connectivity index is 1.54. The largest absolute Gasteiger partial charge is 0.479 e. The number of nitrogens with zero attached hydrogens (tertiary/aromatic N) is 1. The number of benzene rings is 1. The van der Waals surface area contributed by atoms with E-state index in [4.69, 9.17) is 4.74 Å². The number of carbonyl (C=O) groups excluding carboxylic acids is 2. The lowest BCUT2D eigenvalue weighted by atomic mass is 9.82. The van der Waals surface area contributed by atoms with E-state index in [9.17, 15) is 19.5 Å². The SMILES string of the molecule is O=C1CC(C(=O)N2C[C@H]3CCO[C@@]3(C(=O)O)C2)Cc2ccccc21. The van der Waals surface area contributed by atoms with Gasteiger partial charge in [-0.1, -0.05) is 24.3 Å². The number of carbonyl (C=O) groups is 3. The number of hydrogen-bond acceptors (Lipinski definition) is 4. The van der Waals surface area contributed by atoms with Gasteiger partial charge in [0.1, 0.15) is 0 Å². The van der Waals surface area contributed by atoms with Gasteiger partial charge in [-0.2, -0.15) is 0 Å². The summed E-state index contributed by atoms with van der Waals surface area (Å²) in [7, 11) is 0. The normalized spacial score (nSPS) is 31.7. The minimum Gasteiger partial charge on any atom is -0.479 e. The predicted octanol–water partition coefficient (Wildman–Crippen LogP) is 1.13. The van der Waals surface area contributed by atoms with E-state index in [2.05, 4.69) is 0 Å². The molecule has 4 rings (SSSR count). The Bertz CT molecular complexity index is 730. The summed E-state index contributed by atoms with van der Waals surface area (Å²) >= 11 is 0. The highest BCUT2D eigenvalue weighted by Crippen LogP contribution is 2.40. The van der Waals surface area contributed by atoms with Crippen molar-refractivity contribution in [1.29, 1.82) is 0 Å². The Morgan fingerprint density at radius 2 is 2.04 bits per heavy atom. The molecule has 0 saturated carbocycles. The highest BCUT2D eigenvalue weighted by Gasteiger charge is 2.58. The molecule has 0 radical (unpaired) electrons. The quantitative estimate of drug-likeness (QED) is 0.879. The van der Waals surface area contributed by atoms with Gasteiger partial charge >= 0.3 is 5.97 Å². The molecule has 126 valence electrons. The number of ether oxygens (including phenoxy) is 1. The first-order valence-corrected chi connectivity index (χ1v) is 8.28. The molecule has 1 aromatic rings. The number of ketones is 1. The second-order valence-corrected chi connectivity index (χ2v) is 6.93. The third-order valence-corrected chi connectivity index (χ3v) is 5.59. The van der Waals surface area contributed by atoms with Crippen LogP contribution in [0.2, 0.25) is 0 Å². The number of aliphatic carboxylic acids is 1. The molecule has 24 heavy (non-hydrogen) atoms. The van der Waals surface area contributed by atoms with Crippen molar-refractivity contribution in [3.05, 3.63) is 35.4 Å². The van der Waals surface area contributed by atoms with Crippen LogP contribution in [0.5, 0.6) is 0 Å². The van der Waals surface area contributed by atoms with Gasteiger partial charge in [-0.25, -0.2) is 4.79 Å². The fourth-order valence-corrected chi connectivity index (χ4v) is 4.31. The molecule has 6 nitrogen and oxygen atoms in total. The fraction of sp³-hybridized carbons (Fsp3) is 0.500. The fourth-order valence-electron chi connectivity index (χ4n) is 4.31. The van der Waals surface area contributed by atoms with Crippen LogP contribution in [0, 0.1) is 11.8 Å². The van der Waals surface area contributed by atoms with Crippen LogP contribution in [0.1, 0.15) is 28.8 Å². The second-order valence-electron chi connectivity index (χ2n) is 6.93. The van der Waals surface area contributed by atoms with E-state index in [1.54, 1.807) is 11.0 Å². The molecule has 6 heteroatoms. The minimum atomic E-state index is -1.26. The molecule has 1 amide bonds. The molecular formula is C18H19NO5. The molecule has 0 bridgehead atoms. The van der Waals surface area contributed by atoms with E-state index in [0.717, 1.165) is 5.56 Å². The van der Waals surface area contributed by atoms with Crippen LogP contribution in [0.4, 0.5) is 0 Å². The molecule has 1 aromatic carbocycles. The summed E-state index contributed by atoms with van der Waals surface area (Å²) in [4.78, 5) is 38.4. The highest BCUT2D eigenvalue weighted by molar-refractivity contribution is 6.01. The summed E-state index contributed by atoms with van der Waals surface area (Å²) in [5, 5.41) is 9.54. The second kappa shape index (κ2) is 5.41. The molecule has 2 fully saturated rings. The van der Waals surface area contributed by atoms with Crippen molar-refractivity contribution < 1.29 is 24.2 Å². The maximum absolute atomic E-state index is 12.9. The molecule has 2 saturated heterocycles. The van der Waals surface area contributed by atoms with E-state index in [1.165, 1.54) is 0 Å². The lowest BCUT2D eigenvalue weighted by Crippen LogP contribution is -2.46. The van der Waals surface area contributed by atoms with E-state index >= 15 is 0 Å². The smallest absolute Gasteiger partial charge is 0.338 e. The Hall–Kier alpha value is -2.21. The van der Waals surface area contributed by atoms with Crippen LogP contribution in [0.15, 0.2) is 24.3 Å². The van der Waals surface area contributed by atoms with Crippen LogP contribution in [-0.4, -0.2) is 53.0 Å². The van der Waals surface area contributed by atoms with Crippen molar-refractivity contribution in [2.24, 2.45) is 11.8 Å². The first kappa shape index (κ1) is 15.3. The Kier molecular flexibility index (Phi) is 3.46. The Labute approximate surface area is 139 Å². The molecule has 2 aliphatic heterocycles. The zero-order valence-electron chi connectivity index (χ0n) is 13.2. The van der Waals surface area contributed by atoms with Crippen molar-refractivity contribution in [3.8, 4) is 0 Å². The Morgan fingerprint density at radius 1 is 1.25 bits per heavy atom. The van der Waals surface area contributed by atoms with Crippen molar-refractivity contribution in [3.63, 3.8) is 0 Å². The van der Waals surface area contributed by atoms with Crippen LogP contribution >= 0.6 is 0 Å². The molecular weight excluding hydrogens is 310 g/mol. The number of Topliss-reactive ketones (excluding diaryl/α,β-unsaturated/α-hetero) is 1. The van der Waals surface area contributed by atoms with E-state index in [0.29, 0.717) is 31.6 Å². The maximum atomic E-state index is 12.9. The van der Waals surface area contributed by atoms with Crippen LogP contribution in [-0.2, 0) is 20.7 Å². The molecule has 1 aliphatic carbocycles. The summed E-state index contributed by atoms with van der Waals surface area (Å²) in [6.45, 7) is 0.907. The van der Waals surface area contributed by atoms with Crippen molar-refractivity contribution in [2.75, 3.05) is 19.7 Å². The van der Waals surface area contributed by atoms with E-state index in [1.807, 2.05) is 18.2 Å². The van der Waals surface area contributed by atoms with Gasteiger partial charge in [-0.15, -0.1) is 0 Å². The number of hydrogen-bond donors (Lipinski definition) is 1. The minimum absolute atomic E-state index is 0.0150. The third kappa shape index (κ3) is 2.17. The lowest BCUT2D eigenvalue weighted by Gasteiger charge is -2.28. The number of likely N-dealkylation sites (tertiary alicyclic amines) is 1. The summed E-state index contributed by atoms with van der Waals surface area (Å²) in [5.74, 6) is -1.71. The zero-order valence-corrected chi connectivity index (χ0v) is 13.2. The Morgan fingerprint density at radius 3 is 2.79 bits per heavy atom. The number of rotatable bonds is 2. The molecule has 1 N–H and O–H groups in total. The standard InChI is InChI=1S/C18H19NO5/c20-15-8-12(7-11-3-1-2-4-14(11)15)16(21)19-9-13-5-6-24-18(13,10-19)17(22)23/h1-4,12-13H,5-10H2,(H,22,23)/t12?,13-,18+/m1/s1. The maximum Gasteiger partial charge on any atom is 0.338 e. The highest BCUT2D eigenvalue weighted by atomic mass is 16.5. The third-order valence-electron chi connectivity index (χ3n) is 5.59. The summed E-state index contributed by atoms with van der Waals surface area (Å²) in [5.41, 5.74) is 0.340. The van der Waals surface area contributed by atoms with Crippen LogP contribution in [0.3, 0.4) is 0 Å². The molecule has 3 atom stereocenters.